The van der Waals surface area contributed by atoms with E-state index < -0.39 is 40.2 Å². The van der Waals surface area contributed by atoms with Crippen molar-refractivity contribution in [2.24, 2.45) is 0 Å². The summed E-state index contributed by atoms with van der Waals surface area (Å²) >= 11 is 0. The molecule has 5 aromatic rings. The topological polar surface area (TPSA) is 238 Å². The quantitative estimate of drug-likeness (QED) is 0.0146. The van der Waals surface area contributed by atoms with Gasteiger partial charge in [-0.05, 0) is 78.6 Å². The van der Waals surface area contributed by atoms with Crippen molar-refractivity contribution in [3.05, 3.63) is 100 Å². The highest BCUT2D eigenvalue weighted by atomic mass is 16.6. The number of fused-ring (bicyclic) bond motifs is 1. The molecule has 4 aromatic carbocycles. The van der Waals surface area contributed by atoms with Crippen molar-refractivity contribution < 1.29 is 67.7 Å². The first kappa shape index (κ1) is 44.4. The Labute approximate surface area is 348 Å². The number of phenols is 4. The molecular formula is C45H43NO15. The summed E-state index contributed by atoms with van der Waals surface area (Å²) in [6.45, 7) is 1.62. The number of carbonyl (C=O) groups excluding carboxylic acids is 4. The third-order valence-corrected chi connectivity index (χ3v) is 8.75. The number of rotatable bonds is 20. The van der Waals surface area contributed by atoms with Crippen molar-refractivity contribution in [1.82, 2.24) is 5.32 Å². The van der Waals surface area contributed by atoms with Crippen molar-refractivity contribution in [1.29, 1.82) is 0 Å². The van der Waals surface area contributed by atoms with E-state index in [9.17, 15) is 44.4 Å². The molecule has 0 atom stereocenters. The fraction of sp³-hybridized carbons (Fsp3) is 0.222. The van der Waals surface area contributed by atoms with Gasteiger partial charge in [0.15, 0.2) is 51.8 Å². The van der Waals surface area contributed by atoms with E-state index in [1.807, 2.05) is 0 Å². The molecule has 0 saturated carbocycles. The molecule has 318 valence electrons. The summed E-state index contributed by atoms with van der Waals surface area (Å²) in [6, 6.07) is 15.7. The lowest BCUT2D eigenvalue weighted by Gasteiger charge is -2.13. The minimum Gasteiger partial charge on any atom is -0.508 e. The van der Waals surface area contributed by atoms with Crippen LogP contribution >= 0.6 is 0 Å². The zero-order valence-electron chi connectivity index (χ0n) is 33.4. The van der Waals surface area contributed by atoms with E-state index in [1.54, 1.807) is 42.5 Å². The fourth-order valence-corrected chi connectivity index (χ4v) is 5.83. The number of methoxy groups -OCH3 is 2. The van der Waals surface area contributed by atoms with E-state index in [0.717, 1.165) is 12.1 Å². The van der Waals surface area contributed by atoms with Gasteiger partial charge in [-0.3, -0.25) is 24.0 Å². The first-order valence-electron chi connectivity index (χ1n) is 18.8. The summed E-state index contributed by atoms with van der Waals surface area (Å²) in [7, 11) is 2.89. The molecule has 1 heterocycles. The zero-order chi connectivity index (χ0) is 44.1. The lowest BCUT2D eigenvalue weighted by Crippen LogP contribution is -2.26. The molecule has 0 aliphatic heterocycles. The summed E-state index contributed by atoms with van der Waals surface area (Å²) in [5, 5.41) is 42.6. The third-order valence-electron chi connectivity index (χ3n) is 8.75. The maximum atomic E-state index is 13.4. The number of benzene rings is 4. The molecule has 0 fully saturated rings. The number of ketones is 2. The summed E-state index contributed by atoms with van der Waals surface area (Å²) in [5.74, 6) is -2.33. The van der Waals surface area contributed by atoms with Gasteiger partial charge in [0.2, 0.25) is 17.1 Å². The molecule has 16 heteroatoms. The SMILES string of the molecule is COc1cc(/C=C/C(=O)CC(=O)/C=C/c2ccc(OC(C)=O)c(OC)c2)ccc1OCCCC(=O)NCCCOc1c(-c2ccc(O)c(O)c2)oc2cc(O)cc(O)c2c1=O. The highest BCUT2D eigenvalue weighted by Crippen LogP contribution is 2.38. The van der Waals surface area contributed by atoms with Crippen molar-refractivity contribution in [2.75, 3.05) is 34.0 Å². The molecule has 5 rings (SSSR count). The zero-order valence-corrected chi connectivity index (χ0v) is 33.4. The van der Waals surface area contributed by atoms with Gasteiger partial charge < -0.3 is 53.8 Å². The van der Waals surface area contributed by atoms with Gasteiger partial charge in [0.1, 0.15) is 22.5 Å². The summed E-state index contributed by atoms with van der Waals surface area (Å²) in [4.78, 5) is 62.1. The van der Waals surface area contributed by atoms with Crippen LogP contribution in [0.25, 0.3) is 34.4 Å². The molecule has 0 aliphatic rings. The number of carbonyl (C=O) groups is 4. The predicted octanol–water partition coefficient (Wildman–Crippen LogP) is 6.22. The van der Waals surface area contributed by atoms with Gasteiger partial charge in [0.25, 0.3) is 0 Å². The minimum atomic E-state index is -0.733. The van der Waals surface area contributed by atoms with Crippen LogP contribution in [-0.2, 0) is 19.2 Å². The molecule has 0 bridgehead atoms. The molecular weight excluding hydrogens is 794 g/mol. The van der Waals surface area contributed by atoms with Crippen LogP contribution in [0.15, 0.2) is 88.1 Å². The summed E-state index contributed by atoms with van der Waals surface area (Å²) in [5.41, 5.74) is 0.551. The number of esters is 1. The van der Waals surface area contributed by atoms with Crippen LogP contribution in [0.3, 0.4) is 0 Å². The van der Waals surface area contributed by atoms with E-state index in [2.05, 4.69) is 5.32 Å². The lowest BCUT2D eigenvalue weighted by atomic mass is 10.1. The number of nitrogens with one attached hydrogen (secondary N) is 1. The number of allylic oxidation sites excluding steroid dienone is 2. The molecule has 0 spiro atoms. The van der Waals surface area contributed by atoms with Crippen LogP contribution in [-0.4, -0.2) is 77.8 Å². The number of hydrogen-bond acceptors (Lipinski definition) is 15. The second-order valence-electron chi connectivity index (χ2n) is 13.3. The van der Waals surface area contributed by atoms with E-state index >= 15 is 0 Å². The van der Waals surface area contributed by atoms with Crippen molar-refractivity contribution >= 4 is 46.6 Å². The molecule has 0 radical (unpaired) electrons. The second kappa shape index (κ2) is 20.8. The molecule has 0 saturated heterocycles. The number of ether oxygens (including phenoxy) is 5. The Balaban J connectivity index is 1.05. The molecule has 0 unspecified atom stereocenters. The van der Waals surface area contributed by atoms with E-state index in [1.165, 1.54) is 57.6 Å². The molecule has 1 amide bonds. The Bertz CT molecular complexity index is 2550. The monoisotopic (exact) mass is 837 g/mol. The highest BCUT2D eigenvalue weighted by molar-refractivity contribution is 6.11. The van der Waals surface area contributed by atoms with E-state index in [4.69, 9.17) is 28.1 Å². The average molecular weight is 838 g/mol. The van der Waals surface area contributed by atoms with Gasteiger partial charge in [0.05, 0.1) is 33.9 Å². The fourth-order valence-electron chi connectivity index (χ4n) is 5.83. The first-order valence-corrected chi connectivity index (χ1v) is 18.8. The summed E-state index contributed by atoms with van der Waals surface area (Å²) < 4.78 is 33.2. The largest absolute Gasteiger partial charge is 0.508 e. The molecule has 1 aromatic heterocycles. The molecule has 16 nitrogen and oxygen atoms in total. The van der Waals surface area contributed by atoms with Gasteiger partial charge in [0, 0.05) is 37.6 Å². The first-order chi connectivity index (χ1) is 29.3. The predicted molar refractivity (Wildman–Crippen MR) is 222 cm³/mol. The second-order valence-corrected chi connectivity index (χ2v) is 13.3. The third kappa shape index (κ3) is 12.1. The van der Waals surface area contributed by atoms with Crippen LogP contribution in [0.5, 0.6) is 51.7 Å². The van der Waals surface area contributed by atoms with Gasteiger partial charge in [-0.1, -0.05) is 24.3 Å². The Morgan fingerprint density at radius 3 is 1.98 bits per heavy atom. The Kier molecular flexibility index (Phi) is 15.1. The Morgan fingerprint density at radius 2 is 1.34 bits per heavy atom. The normalized spacial score (nSPS) is 11.1. The highest BCUT2D eigenvalue weighted by Gasteiger charge is 2.22. The van der Waals surface area contributed by atoms with Crippen LogP contribution in [0.1, 0.15) is 43.7 Å². The molecule has 0 aliphatic carbocycles. The van der Waals surface area contributed by atoms with Gasteiger partial charge in [-0.2, -0.15) is 0 Å². The van der Waals surface area contributed by atoms with Crippen molar-refractivity contribution in [2.45, 2.75) is 32.6 Å². The molecule has 61 heavy (non-hydrogen) atoms. The Hall–Kier alpha value is -7.75. The maximum absolute atomic E-state index is 13.4. The minimum absolute atomic E-state index is 0.0436. The molecule has 5 N–H and O–H groups in total. The average Bonchev–Trinajstić information content (AvgIpc) is 3.22. The van der Waals surface area contributed by atoms with Crippen molar-refractivity contribution in [3.63, 3.8) is 0 Å². The van der Waals surface area contributed by atoms with E-state index in [0.29, 0.717) is 34.8 Å². The Morgan fingerprint density at radius 1 is 0.705 bits per heavy atom. The van der Waals surface area contributed by atoms with E-state index in [-0.39, 0.29) is 84.5 Å². The number of hydrogen-bond donors (Lipinski definition) is 5. The van der Waals surface area contributed by atoms with Gasteiger partial charge in [-0.25, -0.2) is 0 Å². The van der Waals surface area contributed by atoms with Crippen LogP contribution in [0, 0.1) is 0 Å². The number of phenolic OH excluding ortho intramolecular Hbond substituents is 4. The van der Waals surface area contributed by atoms with Crippen LogP contribution < -0.4 is 34.4 Å². The van der Waals surface area contributed by atoms with Crippen molar-refractivity contribution in [3.8, 4) is 63.1 Å². The maximum Gasteiger partial charge on any atom is 0.308 e. The summed E-state index contributed by atoms with van der Waals surface area (Å²) in [6.07, 6.45) is 6.10. The smallest absolute Gasteiger partial charge is 0.308 e. The number of amides is 1. The van der Waals surface area contributed by atoms with Crippen LogP contribution in [0.4, 0.5) is 0 Å². The van der Waals surface area contributed by atoms with Gasteiger partial charge >= 0.3 is 5.97 Å². The van der Waals surface area contributed by atoms with Gasteiger partial charge in [-0.15, -0.1) is 0 Å². The standard InChI is InChI=1S/C45H43NO15/c1-26(47)60-37-16-10-28(21-39(37)57-3)8-13-31(49)23-30(48)12-7-27-9-15-36(38(20-27)56-2)58-18-4-6-41(54)46-17-5-19-59-45-43(55)42-35(53)24-32(50)25-40(42)61-44(45)29-11-14-33(51)34(52)22-29/h7-16,20-22,24-25,50-53H,4-6,17-19,23H2,1-3H3,(H,46,54)/b12-7+,13-8+. The number of aromatic hydroxyl groups is 4. The lowest BCUT2D eigenvalue weighted by molar-refractivity contribution is -0.132. The van der Waals surface area contributed by atoms with Crippen LogP contribution in [0.2, 0.25) is 0 Å².